The zero-order valence-electron chi connectivity index (χ0n) is 9.74. The standard InChI is InChI=1S/C10H9N3O3S3/c1-7-11-6-9(17-7)19(15,16)13-10-12-5-8(18-10)3-2-4-14/h5-6,14H,4H2,1H3,(H,12,13). The van der Waals surface area contributed by atoms with Gasteiger partial charge in [0.2, 0.25) is 0 Å². The SMILES string of the molecule is Cc1ncc(S(=O)(=O)Nc2ncc(C#CCO)s2)s1. The molecule has 100 valence electrons. The molecule has 6 nitrogen and oxygen atoms in total. The average molecular weight is 315 g/mol. The van der Waals surface area contributed by atoms with Crippen LogP contribution in [0, 0.1) is 18.8 Å². The zero-order chi connectivity index (χ0) is 13.9. The number of nitrogens with zero attached hydrogens (tertiary/aromatic N) is 2. The lowest BCUT2D eigenvalue weighted by molar-refractivity contribution is 0.350. The number of thiazole rings is 2. The van der Waals surface area contributed by atoms with E-state index in [-0.39, 0.29) is 15.9 Å². The van der Waals surface area contributed by atoms with E-state index in [1.807, 2.05) is 0 Å². The van der Waals surface area contributed by atoms with Gasteiger partial charge in [0.1, 0.15) is 6.61 Å². The highest BCUT2D eigenvalue weighted by Crippen LogP contribution is 2.24. The fourth-order valence-corrected chi connectivity index (χ4v) is 4.18. The highest BCUT2D eigenvalue weighted by atomic mass is 32.2. The molecule has 0 aliphatic rings. The van der Waals surface area contributed by atoms with Crippen molar-refractivity contribution >= 4 is 37.8 Å². The van der Waals surface area contributed by atoms with Crippen LogP contribution in [0.2, 0.25) is 0 Å². The molecule has 0 saturated carbocycles. The van der Waals surface area contributed by atoms with Gasteiger partial charge in [0, 0.05) is 0 Å². The molecule has 0 radical (unpaired) electrons. The third kappa shape index (κ3) is 3.51. The van der Waals surface area contributed by atoms with E-state index in [4.69, 9.17) is 5.11 Å². The van der Waals surface area contributed by atoms with Crippen molar-refractivity contribution in [2.24, 2.45) is 0 Å². The Labute approximate surface area is 118 Å². The summed E-state index contributed by atoms with van der Waals surface area (Å²) in [4.78, 5) is 8.39. The van der Waals surface area contributed by atoms with Gasteiger partial charge in [0.25, 0.3) is 10.0 Å². The van der Waals surface area contributed by atoms with Crippen molar-refractivity contribution in [2.75, 3.05) is 11.3 Å². The first-order chi connectivity index (χ1) is 9.01. The molecule has 0 fully saturated rings. The van der Waals surface area contributed by atoms with Crippen LogP contribution in [0.4, 0.5) is 5.13 Å². The molecule has 0 saturated heterocycles. The maximum absolute atomic E-state index is 12.0. The van der Waals surface area contributed by atoms with Gasteiger partial charge in [-0.15, -0.1) is 11.3 Å². The molecule has 2 rings (SSSR count). The monoisotopic (exact) mass is 315 g/mol. The van der Waals surface area contributed by atoms with Crippen molar-refractivity contribution in [3.05, 3.63) is 22.3 Å². The number of hydrogen-bond acceptors (Lipinski definition) is 7. The van der Waals surface area contributed by atoms with Crippen molar-refractivity contribution in [1.82, 2.24) is 9.97 Å². The van der Waals surface area contributed by atoms with Crippen LogP contribution in [-0.4, -0.2) is 30.1 Å². The van der Waals surface area contributed by atoms with Gasteiger partial charge in [0.05, 0.1) is 22.3 Å². The summed E-state index contributed by atoms with van der Waals surface area (Å²) in [5, 5.41) is 9.47. The number of anilines is 1. The van der Waals surface area contributed by atoms with E-state index in [1.165, 1.54) is 12.4 Å². The smallest absolute Gasteiger partial charge is 0.274 e. The van der Waals surface area contributed by atoms with Crippen molar-refractivity contribution in [1.29, 1.82) is 0 Å². The van der Waals surface area contributed by atoms with E-state index in [0.29, 0.717) is 9.88 Å². The number of sulfonamides is 1. The van der Waals surface area contributed by atoms with Crippen LogP contribution in [0.25, 0.3) is 0 Å². The summed E-state index contributed by atoms with van der Waals surface area (Å²) >= 11 is 2.19. The summed E-state index contributed by atoms with van der Waals surface area (Å²) in [5.41, 5.74) is 0. The summed E-state index contributed by atoms with van der Waals surface area (Å²) < 4.78 is 26.5. The summed E-state index contributed by atoms with van der Waals surface area (Å²) in [6.45, 7) is 1.48. The largest absolute Gasteiger partial charge is 0.384 e. The van der Waals surface area contributed by atoms with Crippen molar-refractivity contribution in [2.45, 2.75) is 11.1 Å². The Morgan fingerprint density at radius 3 is 2.79 bits per heavy atom. The van der Waals surface area contributed by atoms with Crippen LogP contribution in [-0.2, 0) is 10.0 Å². The average Bonchev–Trinajstić information content (AvgIpc) is 2.95. The molecule has 0 aliphatic heterocycles. The molecule has 0 aliphatic carbocycles. The minimum Gasteiger partial charge on any atom is -0.384 e. The van der Waals surface area contributed by atoms with Gasteiger partial charge in [0.15, 0.2) is 9.34 Å². The molecular weight excluding hydrogens is 306 g/mol. The topological polar surface area (TPSA) is 92.2 Å². The fourth-order valence-electron chi connectivity index (χ4n) is 1.14. The number of aliphatic hydroxyl groups is 1. The van der Waals surface area contributed by atoms with Gasteiger partial charge in [-0.2, -0.15) is 0 Å². The van der Waals surface area contributed by atoms with E-state index in [9.17, 15) is 8.42 Å². The van der Waals surface area contributed by atoms with Crippen LogP contribution in [0.1, 0.15) is 9.88 Å². The fraction of sp³-hybridized carbons (Fsp3) is 0.200. The maximum atomic E-state index is 12.0. The van der Waals surface area contributed by atoms with Crippen LogP contribution < -0.4 is 4.72 Å². The quantitative estimate of drug-likeness (QED) is 0.826. The Balaban J connectivity index is 2.19. The zero-order valence-corrected chi connectivity index (χ0v) is 12.2. The first-order valence-corrected chi connectivity index (χ1v) is 8.13. The predicted molar refractivity (Wildman–Crippen MR) is 73.7 cm³/mol. The van der Waals surface area contributed by atoms with E-state index >= 15 is 0 Å². The second kappa shape index (κ2) is 5.66. The van der Waals surface area contributed by atoms with Crippen LogP contribution in [0.3, 0.4) is 0 Å². The van der Waals surface area contributed by atoms with Crippen molar-refractivity contribution in [3.8, 4) is 11.8 Å². The number of nitrogens with one attached hydrogen (secondary N) is 1. The summed E-state index contributed by atoms with van der Waals surface area (Å²) in [5.74, 6) is 5.12. The van der Waals surface area contributed by atoms with Crippen LogP contribution in [0.5, 0.6) is 0 Å². The van der Waals surface area contributed by atoms with Gasteiger partial charge in [-0.3, -0.25) is 4.72 Å². The number of hydrogen-bond donors (Lipinski definition) is 2. The molecule has 0 bridgehead atoms. The summed E-state index contributed by atoms with van der Waals surface area (Å²) in [7, 11) is -3.64. The second-order valence-corrected chi connectivity index (χ2v) is 7.47. The molecule has 19 heavy (non-hydrogen) atoms. The van der Waals surface area contributed by atoms with E-state index in [2.05, 4.69) is 26.5 Å². The molecule has 0 amide bonds. The highest BCUT2D eigenvalue weighted by molar-refractivity contribution is 7.94. The number of aliphatic hydroxyl groups excluding tert-OH is 1. The van der Waals surface area contributed by atoms with Gasteiger partial charge in [-0.05, 0) is 6.92 Å². The van der Waals surface area contributed by atoms with Crippen LogP contribution >= 0.6 is 22.7 Å². The summed E-state index contributed by atoms with van der Waals surface area (Å²) in [6.07, 6.45) is 2.76. The minimum atomic E-state index is -3.64. The minimum absolute atomic E-state index is 0.142. The van der Waals surface area contributed by atoms with Gasteiger partial charge >= 0.3 is 0 Å². The van der Waals surface area contributed by atoms with Crippen molar-refractivity contribution in [3.63, 3.8) is 0 Å². The third-order valence-electron chi connectivity index (χ3n) is 1.88. The van der Waals surface area contributed by atoms with E-state index in [0.717, 1.165) is 22.7 Å². The predicted octanol–water partition coefficient (Wildman–Crippen LogP) is 1.05. The normalized spacial score (nSPS) is 10.8. The Morgan fingerprint density at radius 2 is 2.16 bits per heavy atom. The lowest BCUT2D eigenvalue weighted by Crippen LogP contribution is -2.11. The van der Waals surface area contributed by atoms with E-state index < -0.39 is 10.0 Å². The Hall–Kier alpha value is -1.47. The molecule has 2 aromatic rings. The van der Waals surface area contributed by atoms with Crippen molar-refractivity contribution < 1.29 is 13.5 Å². The molecule has 2 heterocycles. The second-order valence-electron chi connectivity index (χ2n) is 3.29. The number of rotatable bonds is 3. The Kier molecular flexibility index (Phi) is 4.16. The Bertz CT molecular complexity index is 737. The molecule has 0 spiro atoms. The molecule has 2 N–H and O–H groups in total. The highest BCUT2D eigenvalue weighted by Gasteiger charge is 2.18. The van der Waals surface area contributed by atoms with Crippen LogP contribution in [0.15, 0.2) is 16.6 Å². The first-order valence-electron chi connectivity index (χ1n) is 5.02. The summed E-state index contributed by atoms with van der Waals surface area (Å²) in [6, 6.07) is 0. The van der Waals surface area contributed by atoms with Gasteiger partial charge in [-0.1, -0.05) is 23.2 Å². The number of aryl methyl sites for hydroxylation is 1. The molecule has 9 heteroatoms. The third-order valence-corrected chi connectivity index (χ3v) is 5.55. The molecular formula is C10H9N3O3S3. The lowest BCUT2D eigenvalue weighted by atomic mass is 10.5. The first kappa shape index (κ1) is 14.0. The van der Waals surface area contributed by atoms with Gasteiger partial charge in [-0.25, -0.2) is 18.4 Å². The molecule has 0 aromatic carbocycles. The Morgan fingerprint density at radius 1 is 1.37 bits per heavy atom. The molecule has 0 unspecified atom stereocenters. The molecule has 2 aromatic heterocycles. The maximum Gasteiger partial charge on any atom is 0.274 e. The molecule has 0 atom stereocenters. The van der Waals surface area contributed by atoms with E-state index in [1.54, 1.807) is 6.92 Å². The lowest BCUT2D eigenvalue weighted by Gasteiger charge is -2.00. The number of aromatic nitrogens is 2. The van der Waals surface area contributed by atoms with Gasteiger partial charge < -0.3 is 5.11 Å².